The van der Waals surface area contributed by atoms with Crippen molar-refractivity contribution in [1.82, 2.24) is 0 Å². The highest BCUT2D eigenvalue weighted by Gasteiger charge is 2.22. The van der Waals surface area contributed by atoms with Gasteiger partial charge in [-0.1, -0.05) is 47.7 Å². The second kappa shape index (κ2) is 6.72. The fraction of sp³-hybridized carbons (Fsp3) is 0.111. The van der Waals surface area contributed by atoms with Gasteiger partial charge >= 0.3 is 0 Å². The number of rotatable bonds is 3. The molecule has 0 bridgehead atoms. The van der Waals surface area contributed by atoms with Crippen molar-refractivity contribution in [1.29, 1.82) is 0 Å². The quantitative estimate of drug-likeness (QED) is 0.708. The van der Waals surface area contributed by atoms with E-state index in [0.29, 0.717) is 4.91 Å². The lowest BCUT2D eigenvalue weighted by atomic mass is 10.2. The summed E-state index contributed by atoms with van der Waals surface area (Å²) in [5.74, 6) is 0.562. The molecule has 0 fully saturated rings. The highest BCUT2D eigenvalue weighted by Crippen LogP contribution is 2.33. The largest absolute Gasteiger partial charge is 0.496 e. The fourth-order valence-electron chi connectivity index (χ4n) is 2.15. The van der Waals surface area contributed by atoms with Gasteiger partial charge in [0.1, 0.15) is 10.8 Å². The predicted octanol–water partition coefficient (Wildman–Crippen LogP) is 4.83. The number of hydrogen-bond acceptors (Lipinski definition) is 3. The topological polar surface area (TPSA) is 38.7 Å². The van der Waals surface area contributed by atoms with E-state index >= 15 is 0 Å². The number of hydrogen-bond donors (Lipinski definition) is 0. The molecule has 0 N–H and O–H groups in total. The maximum absolute atomic E-state index is 12.1. The van der Waals surface area contributed by atoms with Crippen molar-refractivity contribution in [2.24, 2.45) is 4.99 Å². The maximum atomic E-state index is 12.1. The molecule has 0 unspecified atom stereocenters. The third-order valence-corrected chi connectivity index (χ3v) is 5.05. The molecule has 5 heteroatoms. The van der Waals surface area contributed by atoms with Gasteiger partial charge in [-0.2, -0.15) is 0 Å². The maximum Gasteiger partial charge on any atom is 0.284 e. The summed E-state index contributed by atoms with van der Waals surface area (Å²) in [6.45, 7) is 2.03. The first kappa shape index (κ1) is 16.0. The smallest absolute Gasteiger partial charge is 0.284 e. The molecule has 0 aliphatic carbocycles. The number of halogens is 1. The van der Waals surface area contributed by atoms with Crippen LogP contribution in [0.4, 0.5) is 0 Å². The van der Waals surface area contributed by atoms with Crippen LogP contribution in [0.2, 0.25) is 0 Å². The highest BCUT2D eigenvalue weighted by atomic mass is 79.9. The highest BCUT2D eigenvalue weighted by molar-refractivity contribution is 9.10. The number of ether oxygens (including phenoxy) is 1. The van der Waals surface area contributed by atoms with Gasteiger partial charge < -0.3 is 4.74 Å². The Hall–Kier alpha value is -1.85. The summed E-state index contributed by atoms with van der Waals surface area (Å²) in [5, 5.41) is 0.744. The number of methoxy groups -OCH3 is 1. The Bertz CT molecular complexity index is 825. The average molecular weight is 388 g/mol. The number of benzene rings is 2. The number of carbonyl (C=O) groups is 1. The number of aryl methyl sites for hydroxylation is 1. The van der Waals surface area contributed by atoms with E-state index in [4.69, 9.17) is 4.74 Å². The van der Waals surface area contributed by atoms with Crippen LogP contribution in [0.15, 0.2) is 56.8 Å². The summed E-state index contributed by atoms with van der Waals surface area (Å²) in [6, 6.07) is 13.7. The lowest BCUT2D eigenvalue weighted by molar-refractivity contribution is -0.113. The molecular weight excluding hydrogens is 374 g/mol. The molecule has 23 heavy (non-hydrogen) atoms. The van der Waals surface area contributed by atoms with Crippen LogP contribution in [-0.2, 0) is 4.79 Å². The van der Waals surface area contributed by atoms with Gasteiger partial charge in [0.15, 0.2) is 0 Å². The minimum absolute atomic E-state index is 0.197. The van der Waals surface area contributed by atoms with E-state index in [1.165, 1.54) is 17.3 Å². The molecule has 3 nitrogen and oxygen atoms in total. The molecule has 0 saturated carbocycles. The van der Waals surface area contributed by atoms with Crippen LogP contribution < -0.4 is 4.74 Å². The normalized spacial score (nSPS) is 15.9. The first-order valence-corrected chi connectivity index (χ1v) is 8.61. The fourth-order valence-corrected chi connectivity index (χ4v) is 3.63. The Morgan fingerprint density at radius 1 is 1.17 bits per heavy atom. The minimum atomic E-state index is -0.197. The second-order valence-electron chi connectivity index (χ2n) is 5.09. The van der Waals surface area contributed by atoms with Gasteiger partial charge in [0.05, 0.1) is 16.5 Å². The molecule has 1 heterocycles. The SMILES string of the molecule is COc1ccc(/C=C2/SC(c3ccc(C)cc3)=NC2=O)cc1Br. The van der Waals surface area contributed by atoms with Gasteiger partial charge in [-0.15, -0.1) is 0 Å². The predicted molar refractivity (Wildman–Crippen MR) is 99.0 cm³/mol. The van der Waals surface area contributed by atoms with Gasteiger partial charge in [0, 0.05) is 5.56 Å². The van der Waals surface area contributed by atoms with E-state index in [2.05, 4.69) is 20.9 Å². The molecule has 2 aromatic carbocycles. The molecular formula is C18H14BrNO2S. The van der Waals surface area contributed by atoms with Gasteiger partial charge in [0.25, 0.3) is 5.91 Å². The average Bonchev–Trinajstić information content (AvgIpc) is 2.89. The number of carbonyl (C=O) groups excluding carboxylic acids is 1. The Morgan fingerprint density at radius 3 is 2.57 bits per heavy atom. The standard InChI is InChI=1S/C18H14BrNO2S/c1-11-3-6-13(7-4-11)18-20-17(21)16(23-18)10-12-5-8-15(22-2)14(19)9-12/h3-10H,1-2H3/b16-10+. The molecule has 0 aromatic heterocycles. The van der Waals surface area contributed by atoms with Gasteiger partial charge in [-0.25, -0.2) is 4.99 Å². The number of nitrogens with zero attached hydrogens (tertiary/aromatic N) is 1. The zero-order valence-electron chi connectivity index (χ0n) is 12.7. The Balaban J connectivity index is 1.84. The summed E-state index contributed by atoms with van der Waals surface area (Å²) in [5.41, 5.74) is 3.07. The van der Waals surface area contributed by atoms with Gasteiger partial charge in [0.2, 0.25) is 0 Å². The van der Waals surface area contributed by atoms with Crippen molar-refractivity contribution in [2.45, 2.75) is 6.92 Å². The van der Waals surface area contributed by atoms with Gasteiger partial charge in [-0.05, 0) is 46.6 Å². The molecule has 2 aromatic rings. The zero-order chi connectivity index (χ0) is 16.4. The summed E-state index contributed by atoms with van der Waals surface area (Å²) >= 11 is 4.86. The zero-order valence-corrected chi connectivity index (χ0v) is 15.1. The lowest BCUT2D eigenvalue weighted by Crippen LogP contribution is -1.90. The van der Waals surface area contributed by atoms with Crippen LogP contribution in [0.5, 0.6) is 5.75 Å². The van der Waals surface area contributed by atoms with E-state index < -0.39 is 0 Å². The lowest BCUT2D eigenvalue weighted by Gasteiger charge is -2.04. The van der Waals surface area contributed by atoms with E-state index in [0.717, 1.165) is 26.4 Å². The third-order valence-electron chi connectivity index (χ3n) is 3.39. The van der Waals surface area contributed by atoms with Crippen LogP contribution in [0.1, 0.15) is 16.7 Å². The molecule has 1 aliphatic heterocycles. The molecule has 0 radical (unpaired) electrons. The summed E-state index contributed by atoms with van der Waals surface area (Å²) < 4.78 is 6.06. The summed E-state index contributed by atoms with van der Waals surface area (Å²) in [6.07, 6.45) is 1.85. The number of thioether (sulfide) groups is 1. The molecule has 116 valence electrons. The Kier molecular flexibility index (Phi) is 4.68. The first-order valence-electron chi connectivity index (χ1n) is 7.00. The van der Waals surface area contributed by atoms with Crippen molar-refractivity contribution in [3.63, 3.8) is 0 Å². The van der Waals surface area contributed by atoms with E-state index in [-0.39, 0.29) is 5.91 Å². The van der Waals surface area contributed by atoms with Crippen molar-refractivity contribution in [3.8, 4) is 5.75 Å². The molecule has 3 rings (SSSR count). The molecule has 1 amide bonds. The van der Waals surface area contributed by atoms with E-state index in [1.807, 2.05) is 55.5 Å². The van der Waals surface area contributed by atoms with Crippen molar-refractivity contribution < 1.29 is 9.53 Å². The number of amides is 1. The van der Waals surface area contributed by atoms with Crippen molar-refractivity contribution in [3.05, 3.63) is 68.5 Å². The minimum Gasteiger partial charge on any atom is -0.496 e. The molecule has 0 saturated heterocycles. The van der Waals surface area contributed by atoms with Crippen LogP contribution in [0.3, 0.4) is 0 Å². The van der Waals surface area contributed by atoms with Crippen LogP contribution in [0.25, 0.3) is 6.08 Å². The van der Waals surface area contributed by atoms with Crippen LogP contribution >= 0.6 is 27.7 Å². The third kappa shape index (κ3) is 3.57. The Morgan fingerprint density at radius 2 is 1.91 bits per heavy atom. The molecule has 0 spiro atoms. The monoisotopic (exact) mass is 387 g/mol. The van der Waals surface area contributed by atoms with E-state index in [1.54, 1.807) is 7.11 Å². The van der Waals surface area contributed by atoms with Crippen molar-refractivity contribution in [2.75, 3.05) is 7.11 Å². The van der Waals surface area contributed by atoms with Crippen molar-refractivity contribution >= 4 is 44.7 Å². The molecule has 0 atom stereocenters. The van der Waals surface area contributed by atoms with Crippen LogP contribution in [0, 0.1) is 6.92 Å². The first-order chi connectivity index (χ1) is 11.1. The van der Waals surface area contributed by atoms with Gasteiger partial charge in [-0.3, -0.25) is 4.79 Å². The summed E-state index contributed by atoms with van der Waals surface area (Å²) in [4.78, 5) is 16.9. The second-order valence-corrected chi connectivity index (χ2v) is 6.98. The van der Waals surface area contributed by atoms with Crippen LogP contribution in [-0.4, -0.2) is 18.1 Å². The van der Waals surface area contributed by atoms with E-state index in [9.17, 15) is 4.79 Å². The summed E-state index contributed by atoms with van der Waals surface area (Å²) in [7, 11) is 1.62. The number of aliphatic imine (C=N–C) groups is 1. The Labute approximate surface area is 147 Å². The molecule has 1 aliphatic rings.